The third kappa shape index (κ3) is 7.33. The molecule has 126 valence electrons. The van der Waals surface area contributed by atoms with E-state index >= 15 is 0 Å². The van der Waals surface area contributed by atoms with Gasteiger partial charge in [-0.15, -0.1) is 0 Å². The first-order chi connectivity index (χ1) is 11.7. The Labute approximate surface area is 147 Å². The minimum Gasteiger partial charge on any atom is -0.354 e. The Morgan fingerprint density at radius 3 is 2.08 bits per heavy atom. The number of hydrogen-bond acceptors (Lipinski definition) is 3. The molecule has 0 bridgehead atoms. The Hall–Kier alpha value is -2.27. The number of benzene rings is 2. The van der Waals surface area contributed by atoms with Gasteiger partial charge in [-0.1, -0.05) is 60.7 Å². The molecule has 0 aromatic heterocycles. The van der Waals surface area contributed by atoms with Gasteiger partial charge in [0.1, 0.15) is 0 Å². The normalized spacial score (nSPS) is 10.2. The average molecular weight is 342 g/mol. The summed E-state index contributed by atoms with van der Waals surface area (Å²) in [6, 6.07) is 19.7. The second kappa shape index (κ2) is 10.5. The minimum atomic E-state index is -0.156. The topological polar surface area (TPSA) is 58.2 Å². The number of nitrogens with one attached hydrogen (secondary N) is 2. The SMILES string of the molecule is O=C(CNC(=O)Cc1ccccc1)NCCSCc1ccccc1. The van der Waals surface area contributed by atoms with Crippen LogP contribution in [0.15, 0.2) is 60.7 Å². The molecule has 4 nitrogen and oxygen atoms in total. The lowest BCUT2D eigenvalue weighted by Crippen LogP contribution is -2.38. The van der Waals surface area contributed by atoms with E-state index in [9.17, 15) is 9.59 Å². The lowest BCUT2D eigenvalue weighted by Gasteiger charge is -2.07. The van der Waals surface area contributed by atoms with E-state index in [0.717, 1.165) is 17.1 Å². The van der Waals surface area contributed by atoms with Crippen molar-refractivity contribution in [3.8, 4) is 0 Å². The van der Waals surface area contributed by atoms with E-state index in [1.165, 1.54) is 5.56 Å². The molecule has 0 fully saturated rings. The predicted octanol–water partition coefficient (Wildman–Crippen LogP) is 2.39. The van der Waals surface area contributed by atoms with Crippen LogP contribution in [0.1, 0.15) is 11.1 Å². The van der Waals surface area contributed by atoms with E-state index in [2.05, 4.69) is 22.8 Å². The van der Waals surface area contributed by atoms with Gasteiger partial charge in [-0.05, 0) is 11.1 Å². The highest BCUT2D eigenvalue weighted by atomic mass is 32.2. The molecule has 0 heterocycles. The zero-order valence-electron chi connectivity index (χ0n) is 13.5. The second-order valence-electron chi connectivity index (χ2n) is 5.33. The van der Waals surface area contributed by atoms with Gasteiger partial charge in [-0.3, -0.25) is 9.59 Å². The summed E-state index contributed by atoms with van der Waals surface area (Å²) in [5.74, 6) is 1.48. The summed E-state index contributed by atoms with van der Waals surface area (Å²) < 4.78 is 0. The molecule has 0 radical (unpaired) electrons. The van der Waals surface area contributed by atoms with Crippen LogP contribution in [0.4, 0.5) is 0 Å². The van der Waals surface area contributed by atoms with Crippen molar-refractivity contribution < 1.29 is 9.59 Å². The van der Waals surface area contributed by atoms with Crippen LogP contribution in [0.2, 0.25) is 0 Å². The van der Waals surface area contributed by atoms with Crippen LogP contribution < -0.4 is 10.6 Å². The summed E-state index contributed by atoms with van der Waals surface area (Å²) >= 11 is 1.77. The van der Waals surface area contributed by atoms with Gasteiger partial charge in [0.15, 0.2) is 0 Å². The number of amides is 2. The first kappa shape index (κ1) is 18.1. The second-order valence-corrected chi connectivity index (χ2v) is 6.43. The molecule has 2 aromatic rings. The summed E-state index contributed by atoms with van der Waals surface area (Å²) in [6.45, 7) is 0.625. The van der Waals surface area contributed by atoms with Gasteiger partial charge in [0.05, 0.1) is 13.0 Å². The van der Waals surface area contributed by atoms with Gasteiger partial charge < -0.3 is 10.6 Å². The molecule has 0 saturated carbocycles. The largest absolute Gasteiger partial charge is 0.354 e. The molecule has 0 spiro atoms. The quantitative estimate of drug-likeness (QED) is 0.688. The highest BCUT2D eigenvalue weighted by molar-refractivity contribution is 7.98. The van der Waals surface area contributed by atoms with Gasteiger partial charge in [0.25, 0.3) is 0 Å². The van der Waals surface area contributed by atoms with E-state index < -0.39 is 0 Å². The maximum absolute atomic E-state index is 11.8. The molecule has 0 aliphatic heterocycles. The number of thioether (sulfide) groups is 1. The Bertz CT molecular complexity index is 632. The van der Waals surface area contributed by atoms with Crippen molar-refractivity contribution in [2.45, 2.75) is 12.2 Å². The summed E-state index contributed by atoms with van der Waals surface area (Å²) in [5, 5.41) is 5.45. The number of carbonyl (C=O) groups is 2. The van der Waals surface area contributed by atoms with Crippen molar-refractivity contribution in [2.24, 2.45) is 0 Å². The third-order valence-electron chi connectivity index (χ3n) is 3.33. The van der Waals surface area contributed by atoms with Gasteiger partial charge in [0, 0.05) is 18.1 Å². The summed E-state index contributed by atoms with van der Waals surface area (Å²) in [6.07, 6.45) is 0.293. The molecule has 24 heavy (non-hydrogen) atoms. The summed E-state index contributed by atoms with van der Waals surface area (Å²) in [7, 11) is 0. The fraction of sp³-hybridized carbons (Fsp3) is 0.263. The highest BCUT2D eigenvalue weighted by Crippen LogP contribution is 2.10. The Kier molecular flexibility index (Phi) is 7.90. The smallest absolute Gasteiger partial charge is 0.239 e. The van der Waals surface area contributed by atoms with Crippen LogP contribution in [0.3, 0.4) is 0 Å². The van der Waals surface area contributed by atoms with Crippen LogP contribution in [-0.2, 0) is 21.8 Å². The maximum atomic E-state index is 11.8. The molecule has 2 amide bonds. The van der Waals surface area contributed by atoms with Gasteiger partial charge >= 0.3 is 0 Å². The Morgan fingerprint density at radius 2 is 1.42 bits per heavy atom. The lowest BCUT2D eigenvalue weighted by molar-refractivity contribution is -0.125. The molecule has 5 heteroatoms. The number of carbonyl (C=O) groups excluding carboxylic acids is 2. The molecule has 0 unspecified atom stereocenters. The van der Waals surface area contributed by atoms with Crippen LogP contribution in [0, 0.1) is 0 Å². The maximum Gasteiger partial charge on any atom is 0.239 e. The van der Waals surface area contributed by atoms with Crippen molar-refractivity contribution in [1.29, 1.82) is 0 Å². The van der Waals surface area contributed by atoms with Crippen LogP contribution in [-0.4, -0.2) is 30.7 Å². The number of rotatable bonds is 9. The minimum absolute atomic E-state index is 0.0228. The van der Waals surface area contributed by atoms with E-state index in [0.29, 0.717) is 13.0 Å². The van der Waals surface area contributed by atoms with Crippen molar-refractivity contribution in [3.63, 3.8) is 0 Å². The van der Waals surface area contributed by atoms with E-state index in [1.807, 2.05) is 48.5 Å². The lowest BCUT2D eigenvalue weighted by atomic mass is 10.1. The van der Waals surface area contributed by atoms with Crippen LogP contribution in [0.25, 0.3) is 0 Å². The highest BCUT2D eigenvalue weighted by Gasteiger charge is 2.06. The van der Waals surface area contributed by atoms with Crippen molar-refractivity contribution >= 4 is 23.6 Å². The zero-order chi connectivity index (χ0) is 17.0. The third-order valence-corrected chi connectivity index (χ3v) is 4.36. The average Bonchev–Trinajstić information content (AvgIpc) is 2.61. The molecule has 0 saturated heterocycles. The molecule has 2 N–H and O–H groups in total. The predicted molar refractivity (Wildman–Crippen MR) is 98.8 cm³/mol. The van der Waals surface area contributed by atoms with Gasteiger partial charge in [0.2, 0.25) is 11.8 Å². The monoisotopic (exact) mass is 342 g/mol. The first-order valence-corrected chi connectivity index (χ1v) is 9.08. The van der Waals surface area contributed by atoms with Crippen LogP contribution >= 0.6 is 11.8 Å². The first-order valence-electron chi connectivity index (χ1n) is 7.93. The van der Waals surface area contributed by atoms with Crippen LogP contribution in [0.5, 0.6) is 0 Å². The summed E-state index contributed by atoms with van der Waals surface area (Å²) in [4.78, 5) is 23.5. The molecular weight excluding hydrogens is 320 g/mol. The van der Waals surface area contributed by atoms with Crippen molar-refractivity contribution in [1.82, 2.24) is 10.6 Å². The molecule has 2 aromatic carbocycles. The van der Waals surface area contributed by atoms with Gasteiger partial charge in [-0.2, -0.15) is 11.8 Å². The molecule has 0 atom stereocenters. The fourth-order valence-electron chi connectivity index (χ4n) is 2.11. The standard InChI is InChI=1S/C19H22N2O2S/c22-18(13-16-7-3-1-4-8-16)21-14-19(23)20-11-12-24-15-17-9-5-2-6-10-17/h1-10H,11-15H2,(H,20,23)(H,21,22). The molecule has 0 aliphatic carbocycles. The molecular formula is C19H22N2O2S. The number of hydrogen-bond donors (Lipinski definition) is 2. The van der Waals surface area contributed by atoms with E-state index in [1.54, 1.807) is 11.8 Å². The van der Waals surface area contributed by atoms with Crippen molar-refractivity contribution in [3.05, 3.63) is 71.8 Å². The van der Waals surface area contributed by atoms with E-state index in [4.69, 9.17) is 0 Å². The Morgan fingerprint density at radius 1 is 0.792 bits per heavy atom. The van der Waals surface area contributed by atoms with E-state index in [-0.39, 0.29) is 18.4 Å². The molecule has 2 rings (SSSR count). The fourth-order valence-corrected chi connectivity index (χ4v) is 2.93. The molecule has 0 aliphatic rings. The van der Waals surface area contributed by atoms with Crippen molar-refractivity contribution in [2.75, 3.05) is 18.8 Å². The summed E-state index contributed by atoms with van der Waals surface area (Å²) in [5.41, 5.74) is 2.22. The zero-order valence-corrected chi connectivity index (χ0v) is 14.4. The Balaban J connectivity index is 1.52. The van der Waals surface area contributed by atoms with Gasteiger partial charge in [-0.25, -0.2) is 0 Å².